The highest BCUT2D eigenvalue weighted by molar-refractivity contribution is 9.10. The normalized spacial score (nSPS) is 28.1. The number of fused-ring (bicyclic) bond motifs is 3. The molecule has 3 saturated heterocycles. The summed E-state index contributed by atoms with van der Waals surface area (Å²) in [6.07, 6.45) is 0.990. The molecular weight excluding hydrogens is 430 g/mol. The number of benzene rings is 2. The smallest absolute Gasteiger partial charge is 0.253 e. The van der Waals surface area contributed by atoms with Crippen molar-refractivity contribution in [3.63, 3.8) is 0 Å². The van der Waals surface area contributed by atoms with Crippen molar-refractivity contribution in [2.45, 2.75) is 18.5 Å². The van der Waals surface area contributed by atoms with Crippen molar-refractivity contribution in [3.8, 4) is 0 Å². The molecular formula is C20H17BrClN3O2. The van der Waals surface area contributed by atoms with Crippen LogP contribution in [-0.2, 0) is 9.59 Å². The number of halogens is 2. The van der Waals surface area contributed by atoms with Crippen LogP contribution < -0.4 is 4.90 Å². The summed E-state index contributed by atoms with van der Waals surface area (Å²) in [5, 5.41) is 4.96. The molecule has 0 bridgehead atoms. The van der Waals surface area contributed by atoms with Crippen molar-refractivity contribution in [3.05, 3.63) is 63.6 Å². The number of para-hydroxylation sites is 1. The summed E-state index contributed by atoms with van der Waals surface area (Å²) in [4.78, 5) is 28.1. The minimum absolute atomic E-state index is 0.133. The Hall–Kier alpha value is -1.73. The first-order valence-corrected chi connectivity index (χ1v) is 10.2. The number of imide groups is 1. The molecule has 0 aliphatic carbocycles. The van der Waals surface area contributed by atoms with Gasteiger partial charge in [0.25, 0.3) is 5.91 Å². The summed E-state index contributed by atoms with van der Waals surface area (Å²) in [6.45, 7) is 1.66. The van der Waals surface area contributed by atoms with E-state index in [1.807, 2.05) is 42.5 Å². The minimum Gasteiger partial charge on any atom is -0.274 e. The first-order chi connectivity index (χ1) is 13.1. The molecule has 2 aromatic rings. The van der Waals surface area contributed by atoms with Crippen molar-refractivity contribution in [2.24, 2.45) is 5.92 Å². The van der Waals surface area contributed by atoms with Crippen LogP contribution in [0.5, 0.6) is 0 Å². The Balaban J connectivity index is 1.60. The topological polar surface area (TPSA) is 43.9 Å². The Morgan fingerprint density at radius 3 is 2.26 bits per heavy atom. The molecule has 5 rings (SSSR count). The fraction of sp³-hybridized carbons (Fsp3) is 0.300. The summed E-state index contributed by atoms with van der Waals surface area (Å²) in [5.74, 6) is -0.683. The van der Waals surface area contributed by atoms with Crippen LogP contribution >= 0.6 is 27.5 Å². The van der Waals surface area contributed by atoms with E-state index in [-0.39, 0.29) is 17.9 Å². The molecule has 3 atom stereocenters. The molecule has 0 N–H and O–H groups in total. The van der Waals surface area contributed by atoms with E-state index < -0.39 is 12.0 Å². The molecule has 2 aromatic carbocycles. The van der Waals surface area contributed by atoms with Gasteiger partial charge in [-0.25, -0.2) is 14.9 Å². The van der Waals surface area contributed by atoms with Crippen molar-refractivity contribution >= 4 is 45.0 Å². The molecule has 0 radical (unpaired) electrons. The SMILES string of the molecule is O=C1[C@H]2[C@H](C(=O)N1c1ccccc1Br)N1CCCN1[C@H]2c1ccc(Cl)cc1. The Morgan fingerprint density at radius 2 is 1.56 bits per heavy atom. The average Bonchev–Trinajstić information content (AvgIpc) is 3.30. The largest absolute Gasteiger partial charge is 0.274 e. The standard InChI is InChI=1S/C20H17BrClN3O2/c21-14-4-1-2-5-15(14)25-19(26)16-17(12-6-8-13(22)9-7-12)23-10-3-11-24(23)18(16)20(25)27/h1-2,4-9,16-18H,3,10-11H2/t16-,17+,18-/m1/s1. The molecule has 3 aliphatic heterocycles. The van der Waals surface area contributed by atoms with E-state index in [4.69, 9.17) is 11.6 Å². The third-order valence-corrected chi connectivity index (χ3v) is 6.63. The third kappa shape index (κ3) is 2.51. The van der Waals surface area contributed by atoms with E-state index in [1.165, 1.54) is 4.90 Å². The molecule has 3 heterocycles. The van der Waals surface area contributed by atoms with Gasteiger partial charge >= 0.3 is 0 Å². The van der Waals surface area contributed by atoms with Gasteiger partial charge < -0.3 is 0 Å². The van der Waals surface area contributed by atoms with E-state index in [2.05, 4.69) is 25.9 Å². The molecule has 0 unspecified atom stereocenters. The number of hydrogen-bond acceptors (Lipinski definition) is 4. The predicted molar refractivity (Wildman–Crippen MR) is 106 cm³/mol. The highest BCUT2D eigenvalue weighted by Crippen LogP contribution is 2.49. The molecule has 7 heteroatoms. The van der Waals surface area contributed by atoms with Gasteiger partial charge in [0.05, 0.1) is 17.6 Å². The highest BCUT2D eigenvalue weighted by atomic mass is 79.9. The summed E-state index contributed by atoms with van der Waals surface area (Å²) in [6, 6.07) is 14.4. The monoisotopic (exact) mass is 445 g/mol. The average molecular weight is 447 g/mol. The molecule has 0 aromatic heterocycles. The maximum Gasteiger partial charge on any atom is 0.253 e. The van der Waals surface area contributed by atoms with E-state index in [9.17, 15) is 9.59 Å². The van der Waals surface area contributed by atoms with Crippen LogP contribution in [0.2, 0.25) is 5.02 Å². The lowest BCUT2D eigenvalue weighted by molar-refractivity contribution is -0.126. The van der Waals surface area contributed by atoms with Crippen LogP contribution in [-0.4, -0.2) is 41.0 Å². The first-order valence-electron chi connectivity index (χ1n) is 8.99. The number of hydrazine groups is 1. The summed E-state index contributed by atoms with van der Waals surface area (Å²) in [7, 11) is 0. The second kappa shape index (κ2) is 6.41. The second-order valence-electron chi connectivity index (χ2n) is 7.11. The van der Waals surface area contributed by atoms with Gasteiger partial charge in [0.15, 0.2) is 0 Å². The van der Waals surface area contributed by atoms with Crippen LogP contribution in [0.15, 0.2) is 53.0 Å². The summed E-state index contributed by atoms with van der Waals surface area (Å²) < 4.78 is 0.744. The van der Waals surface area contributed by atoms with Gasteiger partial charge in [-0.3, -0.25) is 9.59 Å². The molecule has 0 saturated carbocycles. The fourth-order valence-corrected chi connectivity index (χ4v) is 5.23. The van der Waals surface area contributed by atoms with E-state index in [0.29, 0.717) is 10.7 Å². The van der Waals surface area contributed by atoms with Gasteiger partial charge in [-0.1, -0.05) is 35.9 Å². The number of amides is 2. The predicted octanol–water partition coefficient (Wildman–Crippen LogP) is 3.64. The second-order valence-corrected chi connectivity index (χ2v) is 8.40. The van der Waals surface area contributed by atoms with Gasteiger partial charge in [-0.2, -0.15) is 0 Å². The lowest BCUT2D eigenvalue weighted by Gasteiger charge is -2.30. The molecule has 138 valence electrons. The number of anilines is 1. The molecule has 5 nitrogen and oxygen atoms in total. The lowest BCUT2D eigenvalue weighted by atomic mass is 9.90. The maximum absolute atomic E-state index is 13.4. The number of carbonyl (C=O) groups excluding carboxylic acids is 2. The molecule has 0 spiro atoms. The maximum atomic E-state index is 13.4. The van der Waals surface area contributed by atoms with Crippen LogP contribution in [0.4, 0.5) is 5.69 Å². The Bertz CT molecular complexity index is 935. The number of hydrogen-bond donors (Lipinski definition) is 0. The lowest BCUT2D eigenvalue weighted by Crippen LogP contribution is -2.44. The zero-order valence-corrected chi connectivity index (χ0v) is 16.7. The van der Waals surface area contributed by atoms with Gasteiger partial charge in [0, 0.05) is 22.6 Å². The van der Waals surface area contributed by atoms with Crippen molar-refractivity contribution in [2.75, 3.05) is 18.0 Å². The molecule has 2 amide bonds. The van der Waals surface area contributed by atoms with Crippen LogP contribution in [0.3, 0.4) is 0 Å². The molecule has 3 aliphatic rings. The van der Waals surface area contributed by atoms with Crippen LogP contribution in [0.1, 0.15) is 18.0 Å². The number of carbonyl (C=O) groups is 2. The van der Waals surface area contributed by atoms with Crippen molar-refractivity contribution in [1.29, 1.82) is 0 Å². The highest BCUT2D eigenvalue weighted by Gasteiger charge is 2.62. The van der Waals surface area contributed by atoms with Crippen molar-refractivity contribution in [1.82, 2.24) is 10.0 Å². The van der Waals surface area contributed by atoms with Crippen LogP contribution in [0.25, 0.3) is 0 Å². The third-order valence-electron chi connectivity index (χ3n) is 5.71. The number of nitrogens with zero attached hydrogens (tertiary/aromatic N) is 3. The van der Waals surface area contributed by atoms with Crippen LogP contribution in [0, 0.1) is 5.92 Å². The number of rotatable bonds is 2. The quantitative estimate of drug-likeness (QED) is 0.661. The zero-order valence-electron chi connectivity index (χ0n) is 14.4. The minimum atomic E-state index is -0.437. The van der Waals surface area contributed by atoms with E-state index >= 15 is 0 Å². The fourth-order valence-electron chi connectivity index (χ4n) is 4.64. The Kier molecular flexibility index (Phi) is 4.13. The summed E-state index contributed by atoms with van der Waals surface area (Å²) >= 11 is 9.54. The van der Waals surface area contributed by atoms with Gasteiger partial charge in [-0.15, -0.1) is 0 Å². The van der Waals surface area contributed by atoms with Crippen molar-refractivity contribution < 1.29 is 9.59 Å². The molecule has 27 heavy (non-hydrogen) atoms. The van der Waals surface area contributed by atoms with Gasteiger partial charge in [0.1, 0.15) is 6.04 Å². The zero-order chi connectivity index (χ0) is 18.7. The van der Waals surface area contributed by atoms with E-state index in [1.54, 1.807) is 6.07 Å². The first kappa shape index (κ1) is 17.4. The Labute approximate surface area is 170 Å². The van der Waals surface area contributed by atoms with Gasteiger partial charge in [0.2, 0.25) is 5.91 Å². The molecule has 3 fully saturated rings. The van der Waals surface area contributed by atoms with Gasteiger partial charge in [-0.05, 0) is 52.2 Å². The van der Waals surface area contributed by atoms with E-state index in [0.717, 1.165) is 29.5 Å². The Morgan fingerprint density at radius 1 is 0.889 bits per heavy atom. The summed E-state index contributed by atoms with van der Waals surface area (Å²) in [5.41, 5.74) is 1.64.